The van der Waals surface area contributed by atoms with Crippen LogP contribution in [0.5, 0.6) is 11.5 Å². The third-order valence-electron chi connectivity index (χ3n) is 5.97. The molecule has 1 heterocycles. The van der Waals surface area contributed by atoms with Crippen molar-refractivity contribution in [2.45, 2.75) is 32.8 Å². The highest BCUT2D eigenvalue weighted by Crippen LogP contribution is 2.37. The Hall–Kier alpha value is -3.57. The van der Waals surface area contributed by atoms with Gasteiger partial charge < -0.3 is 9.47 Å². The van der Waals surface area contributed by atoms with Gasteiger partial charge in [0.25, 0.3) is 11.2 Å². The second-order valence-corrected chi connectivity index (χ2v) is 10.3. The first-order valence-electron chi connectivity index (χ1n) is 11.7. The van der Waals surface area contributed by atoms with E-state index in [0.29, 0.717) is 43.8 Å². The second kappa shape index (κ2) is 11.9. The topological polar surface area (TPSA) is 109 Å². The summed E-state index contributed by atoms with van der Waals surface area (Å²) in [6.45, 7) is 4.15. The van der Waals surface area contributed by atoms with Gasteiger partial charge >= 0.3 is 0 Å². The van der Waals surface area contributed by atoms with Gasteiger partial charge in [-0.3, -0.25) is 14.9 Å². The summed E-state index contributed by atoms with van der Waals surface area (Å²) in [4.78, 5) is 28.7. The van der Waals surface area contributed by atoms with Crippen molar-refractivity contribution in [1.29, 1.82) is 0 Å². The fourth-order valence-electron chi connectivity index (χ4n) is 3.77. The van der Waals surface area contributed by atoms with E-state index in [1.54, 1.807) is 36.5 Å². The monoisotopic (exact) mass is 642 g/mol. The molecule has 0 fully saturated rings. The Morgan fingerprint density at radius 2 is 1.97 bits per heavy atom. The summed E-state index contributed by atoms with van der Waals surface area (Å²) in [5.41, 5.74) is 1.66. The number of ether oxygens (including phenoxy) is 2. The fraction of sp³-hybridized carbons (Fsp3) is 0.222. The Bertz CT molecular complexity index is 1600. The molecule has 0 saturated heterocycles. The van der Waals surface area contributed by atoms with E-state index in [4.69, 9.17) is 14.5 Å². The van der Waals surface area contributed by atoms with Gasteiger partial charge in [-0.2, -0.15) is 9.78 Å². The summed E-state index contributed by atoms with van der Waals surface area (Å²) in [6.07, 6.45) is 2.36. The molecule has 196 valence electrons. The summed E-state index contributed by atoms with van der Waals surface area (Å²) in [6, 6.07) is 15.2. The van der Waals surface area contributed by atoms with Crippen molar-refractivity contribution in [3.05, 3.63) is 101 Å². The van der Waals surface area contributed by atoms with Gasteiger partial charge in [0.05, 0.1) is 33.6 Å². The number of nitrogens with zero attached hydrogens (tertiary/aromatic N) is 4. The summed E-state index contributed by atoms with van der Waals surface area (Å²) >= 11 is 6.94. The smallest absolute Gasteiger partial charge is 0.282 e. The van der Waals surface area contributed by atoms with Crippen molar-refractivity contribution in [3.63, 3.8) is 0 Å². The number of aromatic nitrogens is 2. The minimum Gasteiger partial charge on any atom is -0.493 e. The molecule has 0 aliphatic heterocycles. The highest BCUT2D eigenvalue weighted by molar-refractivity contribution is 9.10. The molecule has 4 rings (SSSR count). The second-order valence-electron chi connectivity index (χ2n) is 8.55. The first kappa shape index (κ1) is 27.5. The van der Waals surface area contributed by atoms with E-state index in [2.05, 4.69) is 37.0 Å². The number of non-ortho nitro benzene ring substituents is 1. The minimum absolute atomic E-state index is 0.00812. The molecule has 0 amide bonds. The van der Waals surface area contributed by atoms with Gasteiger partial charge in [0, 0.05) is 22.5 Å². The molecule has 1 atom stereocenters. The first-order valence-corrected chi connectivity index (χ1v) is 13.3. The average Bonchev–Trinajstić information content (AvgIpc) is 2.91. The Balaban J connectivity index is 1.68. The standard InChI is InChI=1S/C27H24Br2N4O5/c1-4-16(2)26-31-23-9-8-19(28)13-21(23)27(34)32(26)30-14-18-11-22(29)25(24(12-18)37-3)38-15-17-6-5-7-20(10-17)33(35)36/h5-14,16H,4,15H2,1-3H3/t16-/m0/s1. The molecular weight excluding hydrogens is 620 g/mol. The van der Waals surface area contributed by atoms with E-state index in [0.717, 1.165) is 10.9 Å². The van der Waals surface area contributed by atoms with Crippen LogP contribution in [0.3, 0.4) is 0 Å². The summed E-state index contributed by atoms with van der Waals surface area (Å²) in [7, 11) is 1.51. The lowest BCUT2D eigenvalue weighted by atomic mass is 10.1. The van der Waals surface area contributed by atoms with Gasteiger partial charge in [0.15, 0.2) is 11.5 Å². The lowest BCUT2D eigenvalue weighted by Crippen LogP contribution is -2.23. The summed E-state index contributed by atoms with van der Waals surface area (Å²) in [5.74, 6) is 1.46. The van der Waals surface area contributed by atoms with Crippen LogP contribution in [0.4, 0.5) is 5.69 Å². The van der Waals surface area contributed by atoms with Gasteiger partial charge in [0.2, 0.25) is 0 Å². The van der Waals surface area contributed by atoms with Gasteiger partial charge in [-0.25, -0.2) is 4.98 Å². The van der Waals surface area contributed by atoms with Crippen molar-refractivity contribution < 1.29 is 14.4 Å². The van der Waals surface area contributed by atoms with Crippen LogP contribution in [-0.4, -0.2) is 27.9 Å². The number of rotatable bonds is 9. The van der Waals surface area contributed by atoms with Crippen LogP contribution < -0.4 is 15.0 Å². The predicted molar refractivity (Wildman–Crippen MR) is 154 cm³/mol. The van der Waals surface area contributed by atoms with Crippen molar-refractivity contribution in [3.8, 4) is 11.5 Å². The first-order chi connectivity index (χ1) is 18.2. The van der Waals surface area contributed by atoms with Gasteiger partial charge in [-0.1, -0.05) is 41.9 Å². The van der Waals surface area contributed by atoms with Gasteiger partial charge in [-0.15, -0.1) is 0 Å². The summed E-state index contributed by atoms with van der Waals surface area (Å²) in [5, 5.41) is 16.0. The number of nitro groups is 1. The quantitative estimate of drug-likeness (QED) is 0.113. The van der Waals surface area contributed by atoms with E-state index in [-0.39, 0.29) is 23.8 Å². The Kier molecular flexibility index (Phi) is 8.58. The highest BCUT2D eigenvalue weighted by Gasteiger charge is 2.17. The van der Waals surface area contributed by atoms with Crippen LogP contribution in [0.15, 0.2) is 73.4 Å². The maximum Gasteiger partial charge on any atom is 0.282 e. The Morgan fingerprint density at radius 1 is 1.18 bits per heavy atom. The molecule has 0 N–H and O–H groups in total. The van der Waals surface area contributed by atoms with E-state index in [1.165, 1.54) is 23.9 Å². The molecule has 0 saturated carbocycles. The zero-order valence-electron chi connectivity index (χ0n) is 20.9. The average molecular weight is 644 g/mol. The molecule has 0 unspecified atom stereocenters. The number of hydrogen-bond donors (Lipinski definition) is 0. The number of nitro benzene ring substituents is 1. The number of halogens is 2. The molecule has 38 heavy (non-hydrogen) atoms. The lowest BCUT2D eigenvalue weighted by Gasteiger charge is -2.15. The van der Waals surface area contributed by atoms with E-state index < -0.39 is 4.92 Å². The Morgan fingerprint density at radius 3 is 2.68 bits per heavy atom. The third-order valence-corrected chi connectivity index (χ3v) is 7.05. The molecule has 11 heteroatoms. The fourth-order valence-corrected chi connectivity index (χ4v) is 4.71. The normalized spacial score (nSPS) is 12.1. The molecule has 3 aromatic carbocycles. The Labute approximate surface area is 235 Å². The van der Waals surface area contributed by atoms with Crippen LogP contribution in [0.2, 0.25) is 0 Å². The van der Waals surface area contributed by atoms with Crippen molar-refractivity contribution in [2.75, 3.05) is 7.11 Å². The van der Waals surface area contributed by atoms with Gasteiger partial charge in [0.1, 0.15) is 12.4 Å². The molecule has 4 aromatic rings. The molecular formula is C27H24Br2N4O5. The molecule has 0 bridgehead atoms. The van der Waals surface area contributed by atoms with Gasteiger partial charge in [-0.05, 0) is 63.8 Å². The molecule has 0 spiro atoms. The maximum absolute atomic E-state index is 13.4. The largest absolute Gasteiger partial charge is 0.493 e. The number of methoxy groups -OCH3 is 1. The van der Waals surface area contributed by atoms with Crippen LogP contribution in [0, 0.1) is 10.1 Å². The summed E-state index contributed by atoms with van der Waals surface area (Å²) < 4.78 is 14.2. The van der Waals surface area contributed by atoms with Crippen LogP contribution in [0.25, 0.3) is 10.9 Å². The highest BCUT2D eigenvalue weighted by atomic mass is 79.9. The zero-order chi connectivity index (χ0) is 27.4. The molecule has 0 aliphatic carbocycles. The number of hydrogen-bond acceptors (Lipinski definition) is 7. The van der Waals surface area contributed by atoms with Crippen molar-refractivity contribution in [2.24, 2.45) is 5.10 Å². The van der Waals surface area contributed by atoms with Crippen LogP contribution in [0.1, 0.15) is 43.1 Å². The number of fused-ring (bicyclic) bond motifs is 1. The molecule has 9 nitrogen and oxygen atoms in total. The number of benzene rings is 3. The molecule has 0 aliphatic rings. The zero-order valence-corrected chi connectivity index (χ0v) is 24.0. The van der Waals surface area contributed by atoms with E-state index in [9.17, 15) is 14.9 Å². The van der Waals surface area contributed by atoms with E-state index >= 15 is 0 Å². The van der Waals surface area contributed by atoms with Crippen LogP contribution in [-0.2, 0) is 6.61 Å². The minimum atomic E-state index is -0.448. The lowest BCUT2D eigenvalue weighted by molar-refractivity contribution is -0.384. The van der Waals surface area contributed by atoms with E-state index in [1.807, 2.05) is 26.0 Å². The SMILES string of the molecule is CC[C@H](C)c1nc2ccc(Br)cc2c(=O)n1N=Cc1cc(Br)c(OCc2cccc([N+](=O)[O-])c2)c(OC)c1. The molecule has 0 radical (unpaired) electrons. The molecule has 1 aromatic heterocycles. The van der Waals surface area contributed by atoms with Crippen molar-refractivity contribution >= 4 is 54.7 Å². The predicted octanol–water partition coefficient (Wildman–Crippen LogP) is 6.81. The van der Waals surface area contributed by atoms with Crippen molar-refractivity contribution in [1.82, 2.24) is 9.66 Å². The van der Waals surface area contributed by atoms with Crippen LogP contribution >= 0.6 is 31.9 Å². The third kappa shape index (κ3) is 5.94. The maximum atomic E-state index is 13.4.